The highest BCUT2D eigenvalue weighted by Gasteiger charge is 2.70. The maximum atomic E-state index is 13.2. The number of nitrogens with one attached hydrogen (secondary N) is 1. The number of nitrogens with zero attached hydrogens (tertiary/aromatic N) is 3. The first-order valence-electron chi connectivity index (χ1n) is 9.96. The Labute approximate surface area is 196 Å². The van der Waals surface area contributed by atoms with Crippen LogP contribution in [0.1, 0.15) is 24.2 Å². The molecule has 3 atom stereocenters. The molecule has 5 rings (SSSR count). The second-order valence-electron chi connectivity index (χ2n) is 8.10. The van der Waals surface area contributed by atoms with Gasteiger partial charge in [0.1, 0.15) is 11.4 Å². The van der Waals surface area contributed by atoms with Crippen molar-refractivity contribution in [1.82, 2.24) is 18.6 Å². The molecule has 3 aromatic rings. The van der Waals surface area contributed by atoms with Crippen LogP contribution in [0, 0.1) is 5.92 Å². The van der Waals surface area contributed by atoms with Gasteiger partial charge in [0, 0.05) is 24.0 Å². The Morgan fingerprint density at radius 3 is 2.62 bits per heavy atom. The van der Waals surface area contributed by atoms with Crippen molar-refractivity contribution in [2.24, 2.45) is 5.92 Å². The number of halogens is 2. The maximum absolute atomic E-state index is 13.2. The van der Waals surface area contributed by atoms with Gasteiger partial charge in [0.25, 0.3) is 10.2 Å². The first-order chi connectivity index (χ1) is 14.7. The zero-order valence-corrected chi connectivity index (χ0v) is 19.5. The molecule has 2 heterocycles. The lowest BCUT2D eigenvalue weighted by Gasteiger charge is -2.29. The van der Waals surface area contributed by atoms with Gasteiger partial charge in [-0.25, -0.2) is 4.98 Å². The molecule has 1 aromatic heterocycles. The van der Waals surface area contributed by atoms with Gasteiger partial charge in [0.2, 0.25) is 0 Å². The van der Waals surface area contributed by atoms with Crippen LogP contribution in [0.15, 0.2) is 48.5 Å². The van der Waals surface area contributed by atoms with E-state index in [0.29, 0.717) is 22.9 Å². The Morgan fingerprint density at radius 2 is 1.94 bits per heavy atom. The van der Waals surface area contributed by atoms with Gasteiger partial charge in [-0.05, 0) is 29.7 Å². The number of rotatable bonds is 5. The quantitative estimate of drug-likeness (QED) is 0.564. The lowest BCUT2D eigenvalue weighted by atomic mass is 10.1. The van der Waals surface area contributed by atoms with Crippen LogP contribution in [0.4, 0.5) is 0 Å². The zero-order chi connectivity index (χ0) is 22.0. The van der Waals surface area contributed by atoms with Crippen LogP contribution < -0.4 is 4.72 Å². The summed E-state index contributed by atoms with van der Waals surface area (Å²) < 4.78 is 32.2. The standard InChI is InChI=1S/C21H21ClN4O4S.ClH/c1-13-19(14-5-3-2-4-6-14)21(13,20(27)28)24-31(29,30)25-9-10-26-17-8-7-15(22)11-16(17)23-18(26)12-25;/h2-8,11,13,19,24H,9-10,12H2,1H3,(H,27,28);1H/t13?,19-,21+;/m1./s1. The fourth-order valence-electron chi connectivity index (χ4n) is 4.76. The SMILES string of the molecule is CC1[C@H](c2ccccc2)[C@]1(NS(=O)(=O)N1CCn2c(nc3cc(Cl)ccc32)C1)C(=O)O.Cl. The molecule has 1 fully saturated rings. The van der Waals surface area contributed by atoms with E-state index < -0.39 is 27.6 Å². The number of carboxylic acid groups (broad SMARTS) is 1. The highest BCUT2D eigenvalue weighted by molar-refractivity contribution is 7.87. The van der Waals surface area contributed by atoms with E-state index in [1.165, 1.54) is 4.31 Å². The summed E-state index contributed by atoms with van der Waals surface area (Å²) in [6, 6.07) is 14.5. The summed E-state index contributed by atoms with van der Waals surface area (Å²) in [5, 5.41) is 10.5. The summed E-state index contributed by atoms with van der Waals surface area (Å²) in [6.45, 7) is 2.46. The van der Waals surface area contributed by atoms with E-state index in [1.807, 2.05) is 41.0 Å². The van der Waals surface area contributed by atoms with Crippen LogP contribution in [0.25, 0.3) is 11.0 Å². The number of carbonyl (C=O) groups is 1. The van der Waals surface area contributed by atoms with Crippen LogP contribution in [0.3, 0.4) is 0 Å². The fourth-order valence-corrected chi connectivity index (χ4v) is 6.49. The Balaban J connectivity index is 0.00000245. The molecule has 1 unspecified atom stereocenters. The average Bonchev–Trinajstić information content (AvgIpc) is 3.15. The minimum absolute atomic E-state index is 0. The van der Waals surface area contributed by atoms with Gasteiger partial charge in [-0.1, -0.05) is 48.9 Å². The van der Waals surface area contributed by atoms with Crippen LogP contribution >= 0.6 is 24.0 Å². The second kappa shape index (κ2) is 8.00. The molecule has 0 spiro atoms. The number of hydrogen-bond acceptors (Lipinski definition) is 4. The first-order valence-corrected chi connectivity index (χ1v) is 11.8. The third-order valence-electron chi connectivity index (χ3n) is 6.43. The van der Waals surface area contributed by atoms with E-state index in [9.17, 15) is 18.3 Å². The van der Waals surface area contributed by atoms with Crippen molar-refractivity contribution in [2.75, 3.05) is 6.54 Å². The van der Waals surface area contributed by atoms with Crippen molar-refractivity contribution in [2.45, 2.75) is 31.5 Å². The average molecular weight is 497 g/mol. The molecule has 2 aliphatic rings. The lowest BCUT2D eigenvalue weighted by molar-refractivity contribution is -0.140. The molecule has 8 nitrogen and oxygen atoms in total. The number of hydrogen-bond donors (Lipinski definition) is 2. The molecule has 32 heavy (non-hydrogen) atoms. The van der Waals surface area contributed by atoms with Crippen LogP contribution in [0.2, 0.25) is 5.02 Å². The van der Waals surface area contributed by atoms with Crippen molar-refractivity contribution in [3.63, 3.8) is 0 Å². The molecule has 1 saturated carbocycles. The number of carboxylic acids is 1. The third-order valence-corrected chi connectivity index (χ3v) is 8.25. The molecule has 0 saturated heterocycles. The minimum Gasteiger partial charge on any atom is -0.480 e. The predicted molar refractivity (Wildman–Crippen MR) is 123 cm³/mol. The van der Waals surface area contributed by atoms with Gasteiger partial charge >= 0.3 is 5.97 Å². The summed E-state index contributed by atoms with van der Waals surface area (Å²) >= 11 is 6.05. The highest BCUT2D eigenvalue weighted by atomic mass is 35.5. The normalized spacial score (nSPS) is 25.2. The summed E-state index contributed by atoms with van der Waals surface area (Å²) in [6.07, 6.45) is 0. The Hall–Kier alpha value is -2.17. The van der Waals surface area contributed by atoms with E-state index in [4.69, 9.17) is 11.6 Å². The molecule has 1 aliphatic carbocycles. The second-order valence-corrected chi connectivity index (χ2v) is 10.2. The van der Waals surface area contributed by atoms with E-state index in [-0.39, 0.29) is 31.4 Å². The molecular weight excluding hydrogens is 475 g/mol. The van der Waals surface area contributed by atoms with Gasteiger partial charge < -0.3 is 9.67 Å². The lowest BCUT2D eigenvalue weighted by Crippen LogP contribution is -2.53. The van der Waals surface area contributed by atoms with Gasteiger partial charge in [-0.3, -0.25) is 4.79 Å². The fraction of sp³-hybridized carbons (Fsp3) is 0.333. The molecule has 1 aliphatic heterocycles. The molecule has 170 valence electrons. The molecule has 2 N–H and O–H groups in total. The third kappa shape index (κ3) is 3.48. The number of fused-ring (bicyclic) bond motifs is 3. The number of benzene rings is 2. The smallest absolute Gasteiger partial charge is 0.325 e. The first kappa shape index (κ1) is 23.0. The Bertz CT molecular complexity index is 1300. The number of aromatic nitrogens is 2. The van der Waals surface area contributed by atoms with Gasteiger partial charge in [-0.15, -0.1) is 12.4 Å². The van der Waals surface area contributed by atoms with Crippen LogP contribution in [-0.2, 0) is 28.1 Å². The summed E-state index contributed by atoms with van der Waals surface area (Å²) in [7, 11) is -4.06. The predicted octanol–water partition coefficient (Wildman–Crippen LogP) is 3.02. The number of imidazole rings is 1. The maximum Gasteiger partial charge on any atom is 0.325 e. The van der Waals surface area contributed by atoms with Gasteiger partial charge in [0.15, 0.2) is 0 Å². The minimum atomic E-state index is -4.06. The molecule has 0 radical (unpaired) electrons. The largest absolute Gasteiger partial charge is 0.480 e. The van der Waals surface area contributed by atoms with Crippen molar-refractivity contribution < 1.29 is 18.3 Å². The van der Waals surface area contributed by atoms with Crippen LogP contribution in [-0.4, -0.2) is 45.4 Å². The summed E-state index contributed by atoms with van der Waals surface area (Å²) in [4.78, 5) is 16.7. The van der Waals surface area contributed by atoms with Gasteiger partial charge in [0.05, 0.1) is 17.6 Å². The van der Waals surface area contributed by atoms with E-state index in [1.54, 1.807) is 19.1 Å². The van der Waals surface area contributed by atoms with E-state index in [2.05, 4.69) is 9.71 Å². The topological polar surface area (TPSA) is 105 Å². The Morgan fingerprint density at radius 1 is 1.22 bits per heavy atom. The van der Waals surface area contributed by atoms with Crippen molar-refractivity contribution in [1.29, 1.82) is 0 Å². The highest BCUT2D eigenvalue weighted by Crippen LogP contribution is 2.58. The summed E-state index contributed by atoms with van der Waals surface area (Å²) in [5.41, 5.74) is 0.839. The van der Waals surface area contributed by atoms with Gasteiger partial charge in [-0.2, -0.15) is 17.4 Å². The van der Waals surface area contributed by atoms with Crippen molar-refractivity contribution >= 4 is 51.2 Å². The van der Waals surface area contributed by atoms with E-state index in [0.717, 1.165) is 11.1 Å². The van der Waals surface area contributed by atoms with Crippen LogP contribution in [0.5, 0.6) is 0 Å². The molecule has 2 aromatic carbocycles. The van der Waals surface area contributed by atoms with Crippen molar-refractivity contribution in [3.8, 4) is 0 Å². The van der Waals surface area contributed by atoms with Crippen molar-refractivity contribution in [3.05, 3.63) is 64.9 Å². The molecule has 0 bridgehead atoms. The zero-order valence-electron chi connectivity index (χ0n) is 17.1. The molecular formula is C21H22Cl2N4O4S. The number of aliphatic carboxylic acids is 1. The molecule has 0 amide bonds. The Kier molecular flexibility index (Phi) is 5.75. The summed E-state index contributed by atoms with van der Waals surface area (Å²) in [5.74, 6) is -1.38. The van der Waals surface area contributed by atoms with E-state index >= 15 is 0 Å². The molecule has 11 heteroatoms. The monoisotopic (exact) mass is 496 g/mol.